The number of nitrogens with zero attached hydrogens (tertiary/aromatic N) is 1. The lowest BCUT2D eigenvalue weighted by Gasteiger charge is -2.41. The molecule has 0 aliphatic carbocycles. The first-order valence-electron chi connectivity index (χ1n) is 9.76. The number of esters is 1. The van der Waals surface area contributed by atoms with Crippen LogP contribution in [0.3, 0.4) is 0 Å². The fraction of sp³-hybridized carbons (Fsp3) is 0.944. The highest BCUT2D eigenvalue weighted by Crippen LogP contribution is 2.26. The van der Waals surface area contributed by atoms with E-state index in [0.717, 1.165) is 13.1 Å². The van der Waals surface area contributed by atoms with Gasteiger partial charge < -0.3 is 13.7 Å². The lowest BCUT2D eigenvalue weighted by molar-refractivity contribution is -0.143. The largest absolute Gasteiger partial charge is 0.466 e. The summed E-state index contributed by atoms with van der Waals surface area (Å²) in [5.74, 6) is -0.0540. The molecule has 0 bridgehead atoms. The first kappa shape index (κ1) is 23.8. The monoisotopic (exact) mass is 375 g/mol. The normalized spacial score (nSPS) is 12.7. The smallest absolute Gasteiger partial charge is 0.307 e. The van der Waals surface area contributed by atoms with E-state index in [9.17, 15) is 4.79 Å². The quantitative estimate of drug-likeness (QED) is 0.246. The molecule has 0 saturated carbocycles. The van der Waals surface area contributed by atoms with E-state index in [2.05, 4.69) is 38.4 Å². The molecule has 0 aliphatic rings. The van der Waals surface area contributed by atoms with Gasteiger partial charge in [0.05, 0.1) is 13.0 Å². The van der Waals surface area contributed by atoms with E-state index < -0.39 is 16.6 Å². The second-order valence-corrected chi connectivity index (χ2v) is 16.9. The Morgan fingerprint density at radius 1 is 0.958 bits per heavy atom. The standard InChI is InChI=1S/C18H41NO3Si2/c1-8-22-18(20)14-16-19(24(9-2,10-3)11-4)15-12-13-17-23(6,7)21-5/h8-17H2,1-7H3. The van der Waals surface area contributed by atoms with E-state index in [1.165, 1.54) is 37.0 Å². The van der Waals surface area contributed by atoms with Gasteiger partial charge in [-0.1, -0.05) is 27.2 Å². The molecule has 0 unspecified atom stereocenters. The van der Waals surface area contributed by atoms with Crippen molar-refractivity contribution < 1.29 is 14.0 Å². The molecular weight excluding hydrogens is 334 g/mol. The highest BCUT2D eigenvalue weighted by Gasteiger charge is 2.34. The number of unbranched alkanes of at least 4 members (excludes halogenated alkanes) is 1. The Balaban J connectivity index is 4.71. The molecule has 0 fully saturated rings. The maximum atomic E-state index is 11.8. The summed E-state index contributed by atoms with van der Waals surface area (Å²) in [6.45, 7) is 15.9. The third kappa shape index (κ3) is 8.27. The predicted molar refractivity (Wildman–Crippen MR) is 109 cm³/mol. The number of ether oxygens (including phenoxy) is 1. The van der Waals surface area contributed by atoms with Crippen molar-refractivity contribution in [2.24, 2.45) is 0 Å². The van der Waals surface area contributed by atoms with Crippen molar-refractivity contribution in [2.75, 3.05) is 26.8 Å². The molecule has 0 saturated heterocycles. The number of rotatable bonds is 14. The van der Waals surface area contributed by atoms with Crippen LogP contribution in [0.1, 0.15) is 47.0 Å². The first-order valence-corrected chi connectivity index (χ1v) is 15.4. The van der Waals surface area contributed by atoms with Crippen molar-refractivity contribution in [1.29, 1.82) is 0 Å². The summed E-state index contributed by atoms with van der Waals surface area (Å²) in [6.07, 6.45) is 2.96. The van der Waals surface area contributed by atoms with Crippen molar-refractivity contribution in [1.82, 2.24) is 4.57 Å². The molecule has 0 radical (unpaired) electrons. The van der Waals surface area contributed by atoms with Crippen LogP contribution in [-0.2, 0) is 14.0 Å². The van der Waals surface area contributed by atoms with Gasteiger partial charge in [0.2, 0.25) is 0 Å². The van der Waals surface area contributed by atoms with Gasteiger partial charge >= 0.3 is 5.97 Å². The van der Waals surface area contributed by atoms with Gasteiger partial charge in [-0.2, -0.15) is 0 Å². The van der Waals surface area contributed by atoms with Gasteiger partial charge in [-0.15, -0.1) is 0 Å². The molecule has 6 heteroatoms. The lowest BCUT2D eigenvalue weighted by Crippen LogP contribution is -2.53. The summed E-state index contributed by atoms with van der Waals surface area (Å²) in [6, 6.07) is 5.01. The molecule has 0 heterocycles. The second-order valence-electron chi connectivity index (χ2n) is 7.25. The van der Waals surface area contributed by atoms with Gasteiger partial charge in [0.25, 0.3) is 0 Å². The van der Waals surface area contributed by atoms with Crippen molar-refractivity contribution in [2.45, 2.75) is 84.2 Å². The molecule has 0 aromatic rings. The summed E-state index contributed by atoms with van der Waals surface area (Å²) in [5.41, 5.74) is 0. The Labute approximate surface area is 152 Å². The fourth-order valence-corrected chi connectivity index (χ4v) is 8.79. The fourth-order valence-electron chi connectivity index (χ4n) is 3.42. The maximum absolute atomic E-state index is 11.8. The molecule has 0 amide bonds. The van der Waals surface area contributed by atoms with Crippen LogP contribution in [-0.4, -0.2) is 53.9 Å². The first-order chi connectivity index (χ1) is 11.3. The molecule has 0 spiro atoms. The second kappa shape index (κ2) is 12.2. The Morgan fingerprint density at radius 2 is 1.54 bits per heavy atom. The van der Waals surface area contributed by atoms with Gasteiger partial charge in [0.1, 0.15) is 8.24 Å². The van der Waals surface area contributed by atoms with Crippen molar-refractivity contribution >= 4 is 22.5 Å². The number of carbonyl (C=O) groups is 1. The van der Waals surface area contributed by atoms with Crippen molar-refractivity contribution in [3.05, 3.63) is 0 Å². The van der Waals surface area contributed by atoms with Gasteiger partial charge in [0, 0.05) is 13.7 Å². The molecule has 4 nitrogen and oxygen atoms in total. The predicted octanol–water partition coefficient (Wildman–Crippen LogP) is 4.88. The summed E-state index contributed by atoms with van der Waals surface area (Å²) in [5, 5.41) is 0. The molecule has 0 atom stereocenters. The zero-order valence-corrected chi connectivity index (χ0v) is 19.2. The van der Waals surface area contributed by atoms with Crippen LogP contribution in [0.5, 0.6) is 0 Å². The molecule has 0 aromatic carbocycles. The van der Waals surface area contributed by atoms with Crippen LogP contribution in [0.25, 0.3) is 0 Å². The maximum Gasteiger partial charge on any atom is 0.307 e. The van der Waals surface area contributed by atoms with Crippen LogP contribution in [0.15, 0.2) is 0 Å². The molecule has 144 valence electrons. The number of hydrogen-bond donors (Lipinski definition) is 0. The zero-order valence-electron chi connectivity index (χ0n) is 17.2. The van der Waals surface area contributed by atoms with Crippen molar-refractivity contribution in [3.8, 4) is 0 Å². The van der Waals surface area contributed by atoms with Crippen molar-refractivity contribution in [3.63, 3.8) is 0 Å². The minimum absolute atomic E-state index is 0.0540. The van der Waals surface area contributed by atoms with Crippen LogP contribution in [0.2, 0.25) is 37.3 Å². The van der Waals surface area contributed by atoms with Crippen LogP contribution in [0, 0.1) is 0 Å². The van der Waals surface area contributed by atoms with Gasteiger partial charge in [-0.25, -0.2) is 0 Å². The Hall–Kier alpha value is -0.176. The minimum atomic E-state index is -1.45. The molecular formula is C18H41NO3Si2. The van der Waals surface area contributed by atoms with E-state index in [4.69, 9.17) is 9.16 Å². The van der Waals surface area contributed by atoms with E-state index in [-0.39, 0.29) is 5.97 Å². The Bertz CT molecular complexity index is 339. The average Bonchev–Trinajstić information content (AvgIpc) is 2.57. The molecule has 0 aliphatic heterocycles. The average molecular weight is 376 g/mol. The highest BCUT2D eigenvalue weighted by molar-refractivity contribution is 6.77. The zero-order chi connectivity index (χ0) is 18.6. The minimum Gasteiger partial charge on any atom is -0.466 e. The Kier molecular flexibility index (Phi) is 12.1. The van der Waals surface area contributed by atoms with E-state index in [1.807, 2.05) is 14.0 Å². The van der Waals surface area contributed by atoms with E-state index in [1.54, 1.807) is 0 Å². The number of carbonyl (C=O) groups excluding carboxylic acids is 1. The van der Waals surface area contributed by atoms with Gasteiger partial charge in [-0.3, -0.25) is 4.79 Å². The Morgan fingerprint density at radius 3 is 2.00 bits per heavy atom. The molecule has 0 N–H and O–H groups in total. The summed E-state index contributed by atoms with van der Waals surface area (Å²) >= 11 is 0. The number of hydrogen-bond acceptors (Lipinski definition) is 4. The van der Waals surface area contributed by atoms with Crippen LogP contribution < -0.4 is 0 Å². The highest BCUT2D eigenvalue weighted by atomic mass is 28.4. The SMILES string of the molecule is CCOC(=O)CCN(CCCC[Si](C)(C)OC)[Si](CC)(CC)CC. The van der Waals surface area contributed by atoms with Crippen LogP contribution in [0.4, 0.5) is 0 Å². The topological polar surface area (TPSA) is 38.8 Å². The summed E-state index contributed by atoms with van der Waals surface area (Å²) in [4.78, 5) is 11.8. The van der Waals surface area contributed by atoms with Crippen LogP contribution >= 0.6 is 0 Å². The van der Waals surface area contributed by atoms with Gasteiger partial charge in [0.15, 0.2) is 8.32 Å². The molecule has 24 heavy (non-hydrogen) atoms. The third-order valence-electron chi connectivity index (χ3n) is 5.55. The summed E-state index contributed by atoms with van der Waals surface area (Å²) in [7, 11) is -1.04. The van der Waals surface area contributed by atoms with E-state index in [0.29, 0.717) is 13.0 Å². The summed E-state index contributed by atoms with van der Waals surface area (Å²) < 4.78 is 13.5. The third-order valence-corrected chi connectivity index (χ3v) is 13.9. The lowest BCUT2D eigenvalue weighted by atomic mass is 10.3. The van der Waals surface area contributed by atoms with Gasteiger partial charge in [-0.05, 0) is 57.2 Å². The molecule has 0 aromatic heterocycles. The molecule has 0 rings (SSSR count). The van der Waals surface area contributed by atoms with E-state index >= 15 is 0 Å².